The van der Waals surface area contributed by atoms with Gasteiger partial charge in [-0.3, -0.25) is 0 Å². The molecule has 0 spiro atoms. The fourth-order valence-corrected chi connectivity index (χ4v) is 3.07. The lowest BCUT2D eigenvalue weighted by Crippen LogP contribution is -2.30. The molecule has 18 heavy (non-hydrogen) atoms. The van der Waals surface area contributed by atoms with E-state index in [-0.39, 0.29) is 0 Å². The van der Waals surface area contributed by atoms with Crippen molar-refractivity contribution >= 4 is 22.7 Å². The van der Waals surface area contributed by atoms with Gasteiger partial charge in [-0.2, -0.15) is 0 Å². The number of hydrogen-bond acceptors (Lipinski definition) is 4. The predicted octanol–water partition coefficient (Wildman–Crippen LogP) is 2.10. The molecule has 4 heteroatoms. The Bertz CT molecular complexity index is 451. The van der Waals surface area contributed by atoms with Gasteiger partial charge in [-0.25, -0.2) is 0 Å². The fraction of sp³-hybridized carbons (Fsp3) is 0.571. The van der Waals surface area contributed by atoms with Gasteiger partial charge in [-0.15, -0.1) is 0 Å². The van der Waals surface area contributed by atoms with E-state index in [9.17, 15) is 0 Å². The van der Waals surface area contributed by atoms with Crippen LogP contribution >= 0.6 is 0 Å². The number of hydrogen-bond donors (Lipinski definition) is 1. The molecule has 1 aromatic rings. The molecule has 1 saturated heterocycles. The lowest BCUT2D eigenvalue weighted by molar-refractivity contribution is 0.578. The smallest absolute Gasteiger partial charge is 0.0898 e. The minimum Gasteiger partial charge on any atom is -0.397 e. The molecule has 4 nitrogen and oxygen atoms in total. The van der Waals surface area contributed by atoms with Crippen LogP contribution < -0.4 is 20.4 Å². The molecule has 0 unspecified atom stereocenters. The van der Waals surface area contributed by atoms with Crippen LogP contribution in [0.3, 0.4) is 0 Å². The predicted molar refractivity (Wildman–Crippen MR) is 78.6 cm³/mol. The van der Waals surface area contributed by atoms with Crippen molar-refractivity contribution in [2.75, 3.05) is 54.3 Å². The van der Waals surface area contributed by atoms with Crippen LogP contribution in [0, 0.1) is 0 Å². The van der Waals surface area contributed by atoms with Crippen LogP contribution in [0.25, 0.3) is 0 Å². The zero-order valence-electron chi connectivity index (χ0n) is 11.3. The number of fused-ring (bicyclic) bond motifs is 1. The van der Waals surface area contributed by atoms with Gasteiger partial charge in [-0.1, -0.05) is 0 Å². The van der Waals surface area contributed by atoms with E-state index < -0.39 is 0 Å². The Labute approximate surface area is 109 Å². The lowest BCUT2D eigenvalue weighted by Gasteiger charge is -2.30. The number of anilines is 4. The normalized spacial score (nSPS) is 19.3. The molecule has 0 atom stereocenters. The highest BCUT2D eigenvalue weighted by molar-refractivity contribution is 5.86. The van der Waals surface area contributed by atoms with Crippen molar-refractivity contribution in [2.45, 2.75) is 19.3 Å². The number of nitrogens with two attached hydrogens (primary N) is 1. The van der Waals surface area contributed by atoms with Crippen molar-refractivity contribution in [3.05, 3.63) is 12.1 Å². The minimum absolute atomic E-state index is 0.915. The fourth-order valence-electron chi connectivity index (χ4n) is 3.07. The average molecular weight is 246 g/mol. The summed E-state index contributed by atoms with van der Waals surface area (Å²) in [5, 5.41) is 0. The third-order valence-corrected chi connectivity index (χ3v) is 4.07. The second-order valence-electron chi connectivity index (χ2n) is 5.48. The van der Waals surface area contributed by atoms with Gasteiger partial charge in [0.15, 0.2) is 0 Å². The number of piperidine rings is 1. The van der Waals surface area contributed by atoms with Crippen LogP contribution in [0.15, 0.2) is 12.1 Å². The van der Waals surface area contributed by atoms with E-state index in [2.05, 4.69) is 40.9 Å². The van der Waals surface area contributed by atoms with E-state index in [0.29, 0.717) is 0 Å². The maximum absolute atomic E-state index is 6.25. The summed E-state index contributed by atoms with van der Waals surface area (Å²) in [6.07, 6.45) is 3.92. The summed E-state index contributed by atoms with van der Waals surface area (Å²) in [4.78, 5) is 6.96. The van der Waals surface area contributed by atoms with E-state index in [0.717, 1.165) is 25.4 Å². The second kappa shape index (κ2) is 4.26. The Morgan fingerprint density at radius 1 is 0.889 bits per heavy atom. The van der Waals surface area contributed by atoms with Gasteiger partial charge in [0, 0.05) is 27.2 Å². The molecule has 1 fully saturated rings. The van der Waals surface area contributed by atoms with Crippen LogP contribution in [-0.4, -0.2) is 33.9 Å². The lowest BCUT2D eigenvalue weighted by atomic mass is 10.1. The molecule has 3 rings (SSSR count). The highest BCUT2D eigenvalue weighted by Gasteiger charge is 2.24. The summed E-state index contributed by atoms with van der Waals surface area (Å²) in [6.45, 7) is 3.23. The Balaban J connectivity index is 1.98. The Kier molecular flexibility index (Phi) is 2.73. The summed E-state index contributed by atoms with van der Waals surface area (Å²) in [7, 11) is 4.25. The minimum atomic E-state index is 0.915. The van der Waals surface area contributed by atoms with Crippen LogP contribution in [-0.2, 0) is 0 Å². The summed E-state index contributed by atoms with van der Waals surface area (Å²) in [5.41, 5.74) is 10.9. The summed E-state index contributed by atoms with van der Waals surface area (Å²) in [5.74, 6) is 0. The van der Waals surface area contributed by atoms with Gasteiger partial charge in [0.25, 0.3) is 0 Å². The molecule has 2 heterocycles. The first-order chi connectivity index (χ1) is 8.66. The van der Waals surface area contributed by atoms with Crippen molar-refractivity contribution in [1.82, 2.24) is 0 Å². The van der Waals surface area contributed by atoms with Gasteiger partial charge in [0.05, 0.1) is 29.4 Å². The van der Waals surface area contributed by atoms with Crippen LogP contribution in [0.4, 0.5) is 22.7 Å². The zero-order valence-corrected chi connectivity index (χ0v) is 11.3. The first kappa shape index (κ1) is 11.5. The molecule has 0 amide bonds. The Hall–Kier alpha value is -1.58. The van der Waals surface area contributed by atoms with Crippen molar-refractivity contribution in [1.29, 1.82) is 0 Å². The molecular weight excluding hydrogens is 224 g/mol. The molecule has 1 aromatic carbocycles. The molecule has 98 valence electrons. The molecule has 2 aliphatic heterocycles. The van der Waals surface area contributed by atoms with Gasteiger partial charge in [0.1, 0.15) is 0 Å². The average Bonchev–Trinajstić information content (AvgIpc) is 2.65. The largest absolute Gasteiger partial charge is 0.397 e. The summed E-state index contributed by atoms with van der Waals surface area (Å²) >= 11 is 0. The van der Waals surface area contributed by atoms with Gasteiger partial charge in [0.2, 0.25) is 0 Å². The number of nitrogen functional groups attached to an aromatic ring is 1. The molecule has 0 bridgehead atoms. The van der Waals surface area contributed by atoms with Crippen molar-refractivity contribution < 1.29 is 0 Å². The molecule has 0 radical (unpaired) electrons. The van der Waals surface area contributed by atoms with Gasteiger partial charge < -0.3 is 20.4 Å². The maximum Gasteiger partial charge on any atom is 0.0898 e. The Morgan fingerprint density at radius 3 is 2.17 bits per heavy atom. The highest BCUT2D eigenvalue weighted by atomic mass is 15.3. The first-order valence-electron chi connectivity index (χ1n) is 6.77. The quantitative estimate of drug-likeness (QED) is 0.770. The second-order valence-corrected chi connectivity index (χ2v) is 5.48. The topological polar surface area (TPSA) is 35.7 Å². The monoisotopic (exact) mass is 246 g/mol. The molecule has 0 saturated carbocycles. The van der Waals surface area contributed by atoms with Gasteiger partial charge in [-0.05, 0) is 31.4 Å². The molecule has 0 aromatic heterocycles. The third kappa shape index (κ3) is 1.76. The van der Waals surface area contributed by atoms with Gasteiger partial charge >= 0.3 is 0 Å². The van der Waals surface area contributed by atoms with Crippen molar-refractivity contribution in [3.8, 4) is 0 Å². The van der Waals surface area contributed by atoms with Crippen molar-refractivity contribution in [3.63, 3.8) is 0 Å². The molecule has 2 aliphatic rings. The molecule has 0 aliphatic carbocycles. The molecular formula is C14H22N4. The van der Waals surface area contributed by atoms with E-state index in [4.69, 9.17) is 5.73 Å². The SMILES string of the molecule is CN1CN(C)c2cc(N3CCCCC3)c(N)cc21. The van der Waals surface area contributed by atoms with Crippen molar-refractivity contribution in [2.24, 2.45) is 0 Å². The summed E-state index contributed by atoms with van der Waals surface area (Å²) < 4.78 is 0. The number of nitrogens with zero attached hydrogens (tertiary/aromatic N) is 3. The maximum atomic E-state index is 6.25. The van der Waals surface area contributed by atoms with E-state index in [1.54, 1.807) is 0 Å². The van der Waals surface area contributed by atoms with E-state index in [1.165, 1.54) is 36.3 Å². The van der Waals surface area contributed by atoms with E-state index in [1.807, 2.05) is 0 Å². The Morgan fingerprint density at radius 2 is 1.50 bits per heavy atom. The van der Waals surface area contributed by atoms with Crippen LogP contribution in [0.1, 0.15) is 19.3 Å². The number of rotatable bonds is 1. The van der Waals surface area contributed by atoms with Crippen LogP contribution in [0.5, 0.6) is 0 Å². The summed E-state index contributed by atoms with van der Waals surface area (Å²) in [6, 6.07) is 4.39. The van der Waals surface area contributed by atoms with E-state index >= 15 is 0 Å². The number of benzene rings is 1. The van der Waals surface area contributed by atoms with Crippen LogP contribution in [0.2, 0.25) is 0 Å². The standard InChI is InChI=1S/C14H22N4/c1-16-10-17(2)14-9-12(11(15)8-13(14)16)18-6-4-3-5-7-18/h8-9H,3-7,10,15H2,1-2H3. The highest BCUT2D eigenvalue weighted by Crippen LogP contribution is 2.41. The first-order valence-corrected chi connectivity index (χ1v) is 6.77. The third-order valence-electron chi connectivity index (χ3n) is 4.07. The zero-order chi connectivity index (χ0) is 12.7. The molecule has 2 N–H and O–H groups in total.